The third-order valence-corrected chi connectivity index (χ3v) is 4.79. The Morgan fingerprint density at radius 3 is 2.81 bits per heavy atom. The molecule has 0 fully saturated rings. The first-order valence-corrected chi connectivity index (χ1v) is 9.13. The lowest BCUT2D eigenvalue weighted by atomic mass is 10.2. The molecular formula is C19H20N4O2S. The Bertz CT molecular complexity index is 859. The first-order valence-electron chi connectivity index (χ1n) is 8.25. The summed E-state index contributed by atoms with van der Waals surface area (Å²) in [5.41, 5.74) is 1.12. The average molecular weight is 368 g/mol. The van der Waals surface area contributed by atoms with Gasteiger partial charge < -0.3 is 9.73 Å². The lowest BCUT2D eigenvalue weighted by Gasteiger charge is -2.13. The van der Waals surface area contributed by atoms with Crippen molar-refractivity contribution in [2.75, 3.05) is 6.54 Å². The molecule has 1 amide bonds. The number of furan rings is 1. The Labute approximate surface area is 156 Å². The summed E-state index contributed by atoms with van der Waals surface area (Å²) in [5.74, 6) is 1.22. The lowest BCUT2D eigenvalue weighted by molar-refractivity contribution is -0.120. The van der Waals surface area contributed by atoms with E-state index in [2.05, 4.69) is 22.1 Å². The van der Waals surface area contributed by atoms with Gasteiger partial charge in [-0.2, -0.15) is 0 Å². The second-order valence-corrected chi connectivity index (χ2v) is 6.96. The summed E-state index contributed by atoms with van der Waals surface area (Å²) >= 11 is 1.37. The highest BCUT2D eigenvalue weighted by atomic mass is 32.2. The van der Waals surface area contributed by atoms with Gasteiger partial charge in [0.05, 0.1) is 18.1 Å². The molecule has 0 unspecified atom stereocenters. The number of amides is 1. The maximum Gasteiger partial charge on any atom is 0.233 e. The Morgan fingerprint density at radius 1 is 1.31 bits per heavy atom. The van der Waals surface area contributed by atoms with E-state index in [1.165, 1.54) is 11.8 Å². The molecule has 2 heterocycles. The molecule has 0 aliphatic heterocycles. The van der Waals surface area contributed by atoms with E-state index in [0.29, 0.717) is 29.8 Å². The predicted molar refractivity (Wildman–Crippen MR) is 102 cm³/mol. The van der Waals surface area contributed by atoms with E-state index in [1.54, 1.807) is 12.3 Å². The van der Waals surface area contributed by atoms with Crippen LogP contribution in [0.1, 0.15) is 12.5 Å². The van der Waals surface area contributed by atoms with Gasteiger partial charge >= 0.3 is 0 Å². The van der Waals surface area contributed by atoms with Crippen LogP contribution in [0.4, 0.5) is 0 Å². The van der Waals surface area contributed by atoms with E-state index in [4.69, 9.17) is 4.42 Å². The average Bonchev–Trinajstić information content (AvgIpc) is 3.31. The van der Waals surface area contributed by atoms with Crippen LogP contribution < -0.4 is 5.32 Å². The summed E-state index contributed by atoms with van der Waals surface area (Å²) in [5, 5.41) is 11.7. The van der Waals surface area contributed by atoms with Crippen LogP contribution in [-0.2, 0) is 11.3 Å². The van der Waals surface area contributed by atoms with Crippen molar-refractivity contribution >= 4 is 17.7 Å². The van der Waals surface area contributed by atoms with Crippen molar-refractivity contribution in [1.29, 1.82) is 0 Å². The number of benzene rings is 1. The third-order valence-electron chi connectivity index (χ3n) is 3.71. The molecule has 1 N–H and O–H groups in total. The van der Waals surface area contributed by atoms with E-state index < -0.39 is 0 Å². The fraction of sp³-hybridized carbons (Fsp3) is 0.211. The van der Waals surface area contributed by atoms with Crippen molar-refractivity contribution in [3.63, 3.8) is 0 Å². The predicted octanol–water partition coefficient (Wildman–Crippen LogP) is 3.37. The summed E-state index contributed by atoms with van der Waals surface area (Å²) in [4.78, 5) is 12.2. The largest absolute Gasteiger partial charge is 0.461 e. The molecule has 26 heavy (non-hydrogen) atoms. The van der Waals surface area contributed by atoms with Gasteiger partial charge in [0, 0.05) is 6.54 Å². The first kappa shape index (κ1) is 18.0. The SMILES string of the molecule is C=CCNC(=O)[C@@H](C)Sc1nnc(-c2ccco2)n1Cc1ccccc1. The van der Waals surface area contributed by atoms with Crippen molar-refractivity contribution in [3.8, 4) is 11.6 Å². The van der Waals surface area contributed by atoms with E-state index >= 15 is 0 Å². The van der Waals surface area contributed by atoms with Crippen molar-refractivity contribution in [1.82, 2.24) is 20.1 Å². The molecular weight excluding hydrogens is 348 g/mol. The van der Waals surface area contributed by atoms with Gasteiger partial charge in [0.25, 0.3) is 0 Å². The van der Waals surface area contributed by atoms with Crippen molar-refractivity contribution in [3.05, 3.63) is 66.9 Å². The van der Waals surface area contributed by atoms with Crippen LogP contribution in [0.15, 0.2) is 71.0 Å². The molecule has 3 aromatic rings. The molecule has 0 saturated heterocycles. The van der Waals surface area contributed by atoms with Crippen molar-refractivity contribution in [2.24, 2.45) is 0 Å². The minimum absolute atomic E-state index is 0.0660. The van der Waals surface area contributed by atoms with E-state index in [1.807, 2.05) is 54.0 Å². The van der Waals surface area contributed by atoms with Gasteiger partial charge in [-0.1, -0.05) is 48.2 Å². The lowest BCUT2D eigenvalue weighted by Crippen LogP contribution is -2.31. The molecule has 0 radical (unpaired) electrons. The van der Waals surface area contributed by atoms with Crippen LogP contribution in [0, 0.1) is 0 Å². The van der Waals surface area contributed by atoms with Crippen LogP contribution >= 0.6 is 11.8 Å². The monoisotopic (exact) mass is 368 g/mol. The zero-order valence-corrected chi connectivity index (χ0v) is 15.3. The molecule has 0 aliphatic rings. The standard InChI is InChI=1S/C19H20N4O2S/c1-3-11-20-18(24)14(2)26-19-22-21-17(16-10-7-12-25-16)23(19)13-15-8-5-4-6-9-15/h3-10,12,14H,1,11,13H2,2H3,(H,20,24)/t14-/m1/s1. The summed E-state index contributed by atoms with van der Waals surface area (Å²) in [6.45, 7) is 6.49. The number of hydrogen-bond donors (Lipinski definition) is 1. The first-order chi connectivity index (χ1) is 12.7. The molecule has 1 aromatic carbocycles. The van der Waals surface area contributed by atoms with Gasteiger partial charge in [0.1, 0.15) is 0 Å². The maximum atomic E-state index is 12.2. The highest BCUT2D eigenvalue weighted by Crippen LogP contribution is 2.28. The number of nitrogens with zero attached hydrogens (tertiary/aromatic N) is 3. The molecule has 134 valence electrons. The van der Waals surface area contributed by atoms with Gasteiger partial charge in [-0.15, -0.1) is 16.8 Å². The third kappa shape index (κ3) is 4.23. The van der Waals surface area contributed by atoms with Crippen LogP contribution in [0.25, 0.3) is 11.6 Å². The molecule has 2 aromatic heterocycles. The fourth-order valence-electron chi connectivity index (χ4n) is 2.40. The molecule has 3 rings (SSSR count). The van der Waals surface area contributed by atoms with E-state index in [0.717, 1.165) is 5.56 Å². The fourth-order valence-corrected chi connectivity index (χ4v) is 3.27. The Hall–Kier alpha value is -2.80. The summed E-state index contributed by atoms with van der Waals surface area (Å²) in [6, 6.07) is 13.7. The van der Waals surface area contributed by atoms with E-state index in [9.17, 15) is 4.79 Å². The van der Waals surface area contributed by atoms with Crippen LogP contribution in [-0.4, -0.2) is 32.5 Å². The minimum atomic E-state index is -0.307. The molecule has 0 aliphatic carbocycles. The van der Waals surface area contributed by atoms with Gasteiger partial charge in [-0.3, -0.25) is 9.36 Å². The number of carbonyl (C=O) groups is 1. The number of nitrogens with one attached hydrogen (secondary N) is 1. The summed E-state index contributed by atoms with van der Waals surface area (Å²) < 4.78 is 7.46. The number of rotatable bonds is 8. The van der Waals surface area contributed by atoms with Gasteiger partial charge in [-0.05, 0) is 24.6 Å². The number of aromatic nitrogens is 3. The zero-order valence-electron chi connectivity index (χ0n) is 14.5. The molecule has 6 nitrogen and oxygen atoms in total. The van der Waals surface area contributed by atoms with Gasteiger partial charge in [0.2, 0.25) is 11.7 Å². The number of thioether (sulfide) groups is 1. The second-order valence-electron chi connectivity index (χ2n) is 5.65. The van der Waals surface area contributed by atoms with Crippen molar-refractivity contribution < 1.29 is 9.21 Å². The Balaban J connectivity index is 1.87. The number of carbonyl (C=O) groups excluding carboxylic acids is 1. The maximum absolute atomic E-state index is 12.2. The number of hydrogen-bond acceptors (Lipinski definition) is 5. The smallest absolute Gasteiger partial charge is 0.233 e. The minimum Gasteiger partial charge on any atom is -0.461 e. The summed E-state index contributed by atoms with van der Waals surface area (Å²) in [7, 11) is 0. The highest BCUT2D eigenvalue weighted by Gasteiger charge is 2.21. The van der Waals surface area contributed by atoms with Gasteiger partial charge in [0.15, 0.2) is 10.9 Å². The highest BCUT2D eigenvalue weighted by molar-refractivity contribution is 8.00. The van der Waals surface area contributed by atoms with Crippen LogP contribution in [0.3, 0.4) is 0 Å². The zero-order chi connectivity index (χ0) is 18.4. The molecule has 0 saturated carbocycles. The second kappa shape index (κ2) is 8.53. The van der Waals surface area contributed by atoms with Crippen molar-refractivity contribution in [2.45, 2.75) is 23.9 Å². The summed E-state index contributed by atoms with van der Waals surface area (Å²) in [6.07, 6.45) is 3.26. The quantitative estimate of drug-likeness (QED) is 0.487. The Kier molecular flexibility index (Phi) is 5.91. The molecule has 7 heteroatoms. The van der Waals surface area contributed by atoms with Crippen LogP contribution in [0.2, 0.25) is 0 Å². The van der Waals surface area contributed by atoms with Gasteiger partial charge in [-0.25, -0.2) is 0 Å². The molecule has 0 bridgehead atoms. The normalized spacial score (nSPS) is 11.9. The topological polar surface area (TPSA) is 73.0 Å². The molecule has 0 spiro atoms. The Morgan fingerprint density at radius 2 is 2.12 bits per heavy atom. The van der Waals surface area contributed by atoms with Crippen LogP contribution in [0.5, 0.6) is 0 Å². The van der Waals surface area contributed by atoms with E-state index in [-0.39, 0.29) is 11.2 Å². The molecule has 1 atom stereocenters.